The quantitative estimate of drug-likeness (QED) is 0.887. The summed E-state index contributed by atoms with van der Waals surface area (Å²) in [4.78, 5) is 5.42. The minimum atomic E-state index is -0.382. The highest BCUT2D eigenvalue weighted by molar-refractivity contribution is 8.06. The summed E-state index contributed by atoms with van der Waals surface area (Å²) < 4.78 is 0. The van der Waals surface area contributed by atoms with E-state index < -0.39 is 0 Å². The SMILES string of the molecule is CC(O)c1cnc(C2SCCSC2C)s1. The van der Waals surface area contributed by atoms with Crippen molar-refractivity contribution < 1.29 is 5.11 Å². The predicted molar refractivity (Wildman–Crippen MR) is 69.9 cm³/mol. The van der Waals surface area contributed by atoms with E-state index in [2.05, 4.69) is 11.9 Å². The summed E-state index contributed by atoms with van der Waals surface area (Å²) >= 11 is 5.67. The number of thiazole rings is 1. The molecule has 1 aromatic heterocycles. The average molecular weight is 261 g/mol. The number of hydrogen-bond donors (Lipinski definition) is 1. The summed E-state index contributed by atoms with van der Waals surface area (Å²) in [6.07, 6.45) is 1.44. The van der Waals surface area contributed by atoms with Gasteiger partial charge in [-0.15, -0.1) is 23.1 Å². The number of aliphatic hydroxyl groups excluding tert-OH is 1. The van der Waals surface area contributed by atoms with Gasteiger partial charge in [0.2, 0.25) is 0 Å². The van der Waals surface area contributed by atoms with Gasteiger partial charge in [0.15, 0.2) is 0 Å². The zero-order valence-electron chi connectivity index (χ0n) is 8.84. The highest BCUT2D eigenvalue weighted by Gasteiger charge is 2.26. The van der Waals surface area contributed by atoms with E-state index in [9.17, 15) is 5.11 Å². The van der Waals surface area contributed by atoms with Crippen LogP contribution in [0.15, 0.2) is 6.20 Å². The molecule has 2 heterocycles. The lowest BCUT2D eigenvalue weighted by Crippen LogP contribution is -2.15. The Morgan fingerprint density at radius 1 is 1.47 bits per heavy atom. The summed E-state index contributed by atoms with van der Waals surface area (Å²) in [6.45, 7) is 4.06. The number of thioether (sulfide) groups is 2. The fourth-order valence-corrected chi connectivity index (χ4v) is 5.55. The third-order valence-corrected chi connectivity index (χ3v) is 6.88. The van der Waals surface area contributed by atoms with E-state index in [-0.39, 0.29) is 6.10 Å². The first kappa shape index (κ1) is 11.8. The highest BCUT2D eigenvalue weighted by atomic mass is 32.2. The van der Waals surface area contributed by atoms with Crippen LogP contribution in [-0.2, 0) is 0 Å². The Morgan fingerprint density at radius 2 is 2.20 bits per heavy atom. The Morgan fingerprint density at radius 3 is 2.80 bits per heavy atom. The fraction of sp³-hybridized carbons (Fsp3) is 0.700. The first-order valence-electron chi connectivity index (χ1n) is 5.05. The molecule has 1 aliphatic rings. The summed E-state index contributed by atoms with van der Waals surface area (Å²) in [6, 6.07) is 0. The summed E-state index contributed by atoms with van der Waals surface area (Å²) in [7, 11) is 0. The maximum absolute atomic E-state index is 9.46. The van der Waals surface area contributed by atoms with Crippen LogP contribution in [0.3, 0.4) is 0 Å². The summed E-state index contributed by atoms with van der Waals surface area (Å²) in [5, 5.41) is 11.8. The lowest BCUT2D eigenvalue weighted by Gasteiger charge is -2.25. The molecule has 1 fully saturated rings. The van der Waals surface area contributed by atoms with Crippen LogP contribution in [0.25, 0.3) is 0 Å². The Balaban J connectivity index is 2.13. The molecule has 0 radical (unpaired) electrons. The smallest absolute Gasteiger partial charge is 0.107 e. The Hall–Kier alpha value is 0.290. The fourth-order valence-electron chi connectivity index (χ4n) is 1.53. The summed E-state index contributed by atoms with van der Waals surface area (Å²) in [5.74, 6) is 2.46. The Labute approximate surface area is 103 Å². The van der Waals surface area contributed by atoms with E-state index >= 15 is 0 Å². The molecule has 15 heavy (non-hydrogen) atoms. The molecule has 0 aliphatic carbocycles. The van der Waals surface area contributed by atoms with Crippen molar-refractivity contribution in [3.63, 3.8) is 0 Å². The van der Waals surface area contributed by atoms with Crippen LogP contribution in [0.5, 0.6) is 0 Å². The zero-order valence-corrected chi connectivity index (χ0v) is 11.3. The predicted octanol–water partition coefficient (Wildman–Crippen LogP) is 3.11. The van der Waals surface area contributed by atoms with Crippen LogP contribution in [0, 0.1) is 0 Å². The molecular formula is C10H15NOS3. The molecule has 1 aromatic rings. The molecule has 0 amide bonds. The van der Waals surface area contributed by atoms with Crippen LogP contribution >= 0.6 is 34.9 Å². The van der Waals surface area contributed by atoms with Gasteiger partial charge in [0.1, 0.15) is 5.01 Å². The molecule has 3 unspecified atom stereocenters. The number of hydrogen-bond acceptors (Lipinski definition) is 5. The van der Waals surface area contributed by atoms with Crippen molar-refractivity contribution in [2.75, 3.05) is 11.5 Å². The lowest BCUT2D eigenvalue weighted by atomic mass is 10.3. The van der Waals surface area contributed by atoms with E-state index in [1.807, 2.05) is 29.7 Å². The van der Waals surface area contributed by atoms with Crippen molar-refractivity contribution in [2.45, 2.75) is 30.5 Å². The van der Waals surface area contributed by atoms with Gasteiger partial charge in [0.25, 0.3) is 0 Å². The minimum Gasteiger partial charge on any atom is -0.388 e. The van der Waals surface area contributed by atoms with E-state index in [1.165, 1.54) is 16.5 Å². The van der Waals surface area contributed by atoms with E-state index in [0.29, 0.717) is 10.5 Å². The second kappa shape index (κ2) is 5.08. The molecule has 0 saturated carbocycles. The van der Waals surface area contributed by atoms with Gasteiger partial charge < -0.3 is 5.11 Å². The number of aliphatic hydroxyl groups is 1. The molecule has 3 atom stereocenters. The van der Waals surface area contributed by atoms with Crippen LogP contribution in [0.4, 0.5) is 0 Å². The standard InChI is InChI=1S/C10H15NOS3/c1-6(12)8-5-11-10(15-8)9-7(2)13-3-4-14-9/h5-7,9,12H,3-4H2,1-2H3. The van der Waals surface area contributed by atoms with Crippen molar-refractivity contribution in [1.29, 1.82) is 0 Å². The highest BCUT2D eigenvalue weighted by Crippen LogP contribution is 2.44. The maximum atomic E-state index is 9.46. The van der Waals surface area contributed by atoms with Crippen LogP contribution in [0.1, 0.15) is 35.1 Å². The molecule has 1 aliphatic heterocycles. The molecule has 1 N–H and O–H groups in total. The molecule has 84 valence electrons. The van der Waals surface area contributed by atoms with E-state index in [0.717, 1.165) is 4.88 Å². The van der Waals surface area contributed by atoms with Gasteiger partial charge in [-0.25, -0.2) is 4.98 Å². The van der Waals surface area contributed by atoms with E-state index in [1.54, 1.807) is 18.3 Å². The van der Waals surface area contributed by atoms with Gasteiger partial charge in [-0.3, -0.25) is 0 Å². The van der Waals surface area contributed by atoms with Crippen molar-refractivity contribution in [3.8, 4) is 0 Å². The number of aromatic nitrogens is 1. The first-order valence-corrected chi connectivity index (χ1v) is 7.97. The molecular weight excluding hydrogens is 246 g/mol. The van der Waals surface area contributed by atoms with Crippen LogP contribution < -0.4 is 0 Å². The average Bonchev–Trinajstić information content (AvgIpc) is 2.67. The van der Waals surface area contributed by atoms with Crippen molar-refractivity contribution in [1.82, 2.24) is 4.98 Å². The maximum Gasteiger partial charge on any atom is 0.107 e. The topological polar surface area (TPSA) is 33.1 Å². The van der Waals surface area contributed by atoms with Gasteiger partial charge in [-0.2, -0.15) is 11.8 Å². The van der Waals surface area contributed by atoms with Gasteiger partial charge >= 0.3 is 0 Å². The minimum absolute atomic E-state index is 0.382. The molecule has 0 spiro atoms. The van der Waals surface area contributed by atoms with Crippen molar-refractivity contribution >= 4 is 34.9 Å². The Kier molecular flexibility index (Phi) is 3.98. The van der Waals surface area contributed by atoms with Crippen molar-refractivity contribution in [3.05, 3.63) is 16.1 Å². The van der Waals surface area contributed by atoms with Gasteiger partial charge in [0, 0.05) is 23.0 Å². The molecule has 0 aromatic carbocycles. The normalized spacial score (nSPS) is 29.0. The van der Waals surface area contributed by atoms with Gasteiger partial charge in [-0.1, -0.05) is 6.92 Å². The molecule has 2 nitrogen and oxygen atoms in total. The second-order valence-corrected chi connectivity index (χ2v) is 7.47. The van der Waals surface area contributed by atoms with Gasteiger partial charge in [-0.05, 0) is 6.92 Å². The lowest BCUT2D eigenvalue weighted by molar-refractivity contribution is 0.203. The molecule has 2 rings (SSSR count). The third kappa shape index (κ3) is 2.70. The Bertz CT molecular complexity index is 326. The summed E-state index contributed by atoms with van der Waals surface area (Å²) in [5.41, 5.74) is 0. The first-order chi connectivity index (χ1) is 7.18. The van der Waals surface area contributed by atoms with Crippen LogP contribution in [-0.4, -0.2) is 26.8 Å². The molecule has 0 bridgehead atoms. The number of nitrogens with zero attached hydrogens (tertiary/aromatic N) is 1. The molecule has 5 heteroatoms. The second-order valence-electron chi connectivity index (χ2n) is 3.64. The number of rotatable bonds is 2. The van der Waals surface area contributed by atoms with Crippen LogP contribution in [0.2, 0.25) is 0 Å². The third-order valence-electron chi connectivity index (χ3n) is 2.38. The molecule has 1 saturated heterocycles. The monoisotopic (exact) mass is 261 g/mol. The zero-order chi connectivity index (χ0) is 10.8. The van der Waals surface area contributed by atoms with Gasteiger partial charge in [0.05, 0.1) is 16.2 Å². The largest absolute Gasteiger partial charge is 0.388 e. The van der Waals surface area contributed by atoms with Crippen molar-refractivity contribution in [2.24, 2.45) is 0 Å². The van der Waals surface area contributed by atoms with E-state index in [4.69, 9.17) is 0 Å².